The molecule has 1 aromatic rings. The van der Waals surface area contributed by atoms with Gasteiger partial charge in [-0.25, -0.2) is 0 Å². The van der Waals surface area contributed by atoms with Gasteiger partial charge >= 0.3 is 0 Å². The first-order valence-electron chi connectivity index (χ1n) is 6.41. The molecule has 19 heavy (non-hydrogen) atoms. The van der Waals surface area contributed by atoms with Gasteiger partial charge in [-0.2, -0.15) is 0 Å². The number of benzene rings is 1. The maximum Gasteiger partial charge on any atom is 0.257 e. The van der Waals surface area contributed by atoms with E-state index >= 15 is 0 Å². The summed E-state index contributed by atoms with van der Waals surface area (Å²) < 4.78 is 11.9. The van der Waals surface area contributed by atoms with E-state index < -0.39 is 0 Å². The van der Waals surface area contributed by atoms with Crippen molar-refractivity contribution in [1.82, 2.24) is 4.90 Å². The van der Waals surface area contributed by atoms with Crippen LogP contribution in [0.15, 0.2) is 22.7 Å². The highest BCUT2D eigenvalue weighted by Crippen LogP contribution is 2.26. The van der Waals surface area contributed by atoms with Gasteiger partial charge < -0.3 is 14.4 Å². The smallest absolute Gasteiger partial charge is 0.257 e. The van der Waals surface area contributed by atoms with Crippen molar-refractivity contribution < 1.29 is 14.3 Å². The summed E-state index contributed by atoms with van der Waals surface area (Å²) in [5.41, 5.74) is 0.602. The minimum absolute atomic E-state index is 0.000231. The number of rotatable bonds is 3. The molecule has 1 amide bonds. The summed E-state index contributed by atoms with van der Waals surface area (Å²) in [6, 6.07) is 5.53. The van der Waals surface area contributed by atoms with E-state index in [1.807, 2.05) is 32.0 Å². The Balaban J connectivity index is 2.25. The van der Waals surface area contributed by atoms with E-state index in [9.17, 15) is 4.79 Å². The molecule has 0 unspecified atom stereocenters. The van der Waals surface area contributed by atoms with Crippen molar-refractivity contribution in [2.45, 2.75) is 20.0 Å². The number of amides is 1. The van der Waals surface area contributed by atoms with Crippen molar-refractivity contribution in [2.24, 2.45) is 0 Å². The number of nitrogens with zero attached hydrogens (tertiary/aromatic N) is 1. The zero-order valence-corrected chi connectivity index (χ0v) is 12.8. The predicted octanol–water partition coefficient (Wildman–Crippen LogP) is 2.71. The van der Waals surface area contributed by atoms with Crippen molar-refractivity contribution in [3.05, 3.63) is 28.2 Å². The normalized spacial score (nSPS) is 15.7. The standard InChI is InChI=1S/C14H18BrNO3/c1-10(2)19-13-4-3-11(15)9-12(13)14(17)16-5-7-18-8-6-16/h3-4,9-10H,5-8H2,1-2H3. The number of carbonyl (C=O) groups excluding carboxylic acids is 1. The first kappa shape index (κ1) is 14.3. The van der Waals surface area contributed by atoms with E-state index in [0.717, 1.165) is 4.47 Å². The third-order valence-corrected chi connectivity index (χ3v) is 3.33. The van der Waals surface area contributed by atoms with Gasteiger partial charge in [-0.3, -0.25) is 4.79 Å². The molecule has 0 N–H and O–H groups in total. The third-order valence-electron chi connectivity index (χ3n) is 2.83. The lowest BCUT2D eigenvalue weighted by Gasteiger charge is -2.27. The van der Waals surface area contributed by atoms with Crippen LogP contribution in [0.5, 0.6) is 5.75 Å². The lowest BCUT2D eigenvalue weighted by molar-refractivity contribution is 0.0299. The topological polar surface area (TPSA) is 38.8 Å². The summed E-state index contributed by atoms with van der Waals surface area (Å²) >= 11 is 3.40. The van der Waals surface area contributed by atoms with Gasteiger partial charge in [0.05, 0.1) is 24.9 Å². The third kappa shape index (κ3) is 3.70. The van der Waals surface area contributed by atoms with Gasteiger partial charge in [-0.05, 0) is 32.0 Å². The molecule has 1 aliphatic rings. The predicted molar refractivity (Wildman–Crippen MR) is 76.6 cm³/mol. The number of hydrogen-bond donors (Lipinski definition) is 0. The molecule has 1 heterocycles. The van der Waals surface area contributed by atoms with Gasteiger partial charge in [0, 0.05) is 17.6 Å². The van der Waals surface area contributed by atoms with Crippen molar-refractivity contribution in [3.8, 4) is 5.75 Å². The van der Waals surface area contributed by atoms with Gasteiger partial charge in [-0.1, -0.05) is 15.9 Å². The molecule has 0 radical (unpaired) electrons. The second-order valence-corrected chi connectivity index (χ2v) is 5.63. The minimum Gasteiger partial charge on any atom is -0.490 e. The van der Waals surface area contributed by atoms with E-state index in [1.54, 1.807) is 4.90 Å². The zero-order chi connectivity index (χ0) is 13.8. The average Bonchev–Trinajstić information content (AvgIpc) is 2.40. The van der Waals surface area contributed by atoms with E-state index in [2.05, 4.69) is 15.9 Å². The quantitative estimate of drug-likeness (QED) is 0.856. The highest BCUT2D eigenvalue weighted by Gasteiger charge is 2.22. The molecule has 1 fully saturated rings. The Labute approximate surface area is 121 Å². The van der Waals surface area contributed by atoms with Crippen molar-refractivity contribution >= 4 is 21.8 Å². The number of ether oxygens (including phenoxy) is 2. The molecule has 0 aromatic heterocycles. The Morgan fingerprint density at radius 3 is 2.68 bits per heavy atom. The van der Waals surface area contributed by atoms with Crippen LogP contribution in [0.4, 0.5) is 0 Å². The highest BCUT2D eigenvalue weighted by atomic mass is 79.9. The van der Waals surface area contributed by atoms with Crippen LogP contribution in [0.25, 0.3) is 0 Å². The number of morpholine rings is 1. The summed E-state index contributed by atoms with van der Waals surface area (Å²) in [7, 11) is 0. The maximum absolute atomic E-state index is 12.5. The molecular weight excluding hydrogens is 310 g/mol. The molecule has 5 heteroatoms. The molecule has 0 saturated carbocycles. The van der Waals surface area contributed by atoms with Gasteiger partial charge in [0.15, 0.2) is 0 Å². The number of hydrogen-bond acceptors (Lipinski definition) is 3. The fourth-order valence-corrected chi connectivity index (χ4v) is 2.32. The van der Waals surface area contributed by atoms with Crippen LogP contribution in [-0.2, 0) is 4.74 Å². The van der Waals surface area contributed by atoms with Gasteiger partial charge in [0.25, 0.3) is 5.91 Å². The summed E-state index contributed by atoms with van der Waals surface area (Å²) in [6.07, 6.45) is 0.0393. The largest absolute Gasteiger partial charge is 0.490 e. The van der Waals surface area contributed by atoms with E-state index in [1.165, 1.54) is 0 Å². The molecule has 0 atom stereocenters. The van der Waals surface area contributed by atoms with E-state index in [0.29, 0.717) is 37.6 Å². The first-order valence-corrected chi connectivity index (χ1v) is 7.20. The van der Waals surface area contributed by atoms with Gasteiger partial charge in [0.1, 0.15) is 5.75 Å². The number of carbonyl (C=O) groups is 1. The molecule has 0 spiro atoms. The fraction of sp³-hybridized carbons (Fsp3) is 0.500. The van der Waals surface area contributed by atoms with Crippen LogP contribution in [-0.4, -0.2) is 43.2 Å². The summed E-state index contributed by atoms with van der Waals surface area (Å²) in [5, 5.41) is 0. The molecule has 1 saturated heterocycles. The second-order valence-electron chi connectivity index (χ2n) is 4.71. The molecule has 4 nitrogen and oxygen atoms in total. The SMILES string of the molecule is CC(C)Oc1ccc(Br)cc1C(=O)N1CCOCC1. The molecule has 104 valence electrons. The monoisotopic (exact) mass is 327 g/mol. The summed E-state index contributed by atoms with van der Waals surface area (Å²) in [5.74, 6) is 0.634. The Bertz CT molecular complexity index is 456. The van der Waals surface area contributed by atoms with Gasteiger partial charge in [-0.15, -0.1) is 0 Å². The fourth-order valence-electron chi connectivity index (χ4n) is 1.96. The lowest BCUT2D eigenvalue weighted by Crippen LogP contribution is -2.40. The van der Waals surface area contributed by atoms with Crippen LogP contribution in [0.1, 0.15) is 24.2 Å². The lowest BCUT2D eigenvalue weighted by atomic mass is 10.1. The van der Waals surface area contributed by atoms with Crippen LogP contribution >= 0.6 is 15.9 Å². The van der Waals surface area contributed by atoms with E-state index in [-0.39, 0.29) is 12.0 Å². The highest BCUT2D eigenvalue weighted by molar-refractivity contribution is 9.10. The Hall–Kier alpha value is -1.07. The molecule has 2 rings (SSSR count). The molecule has 0 bridgehead atoms. The van der Waals surface area contributed by atoms with Crippen molar-refractivity contribution in [1.29, 1.82) is 0 Å². The van der Waals surface area contributed by atoms with Crippen molar-refractivity contribution in [2.75, 3.05) is 26.3 Å². The Morgan fingerprint density at radius 1 is 1.37 bits per heavy atom. The number of halogens is 1. The molecule has 1 aromatic carbocycles. The van der Waals surface area contributed by atoms with Crippen molar-refractivity contribution in [3.63, 3.8) is 0 Å². The van der Waals surface area contributed by atoms with Crippen LogP contribution in [0.3, 0.4) is 0 Å². The van der Waals surface area contributed by atoms with Crippen LogP contribution in [0, 0.1) is 0 Å². The Morgan fingerprint density at radius 2 is 2.05 bits per heavy atom. The zero-order valence-electron chi connectivity index (χ0n) is 11.2. The summed E-state index contributed by atoms with van der Waals surface area (Å²) in [6.45, 7) is 6.36. The molecule has 0 aliphatic carbocycles. The van der Waals surface area contributed by atoms with Gasteiger partial charge in [0.2, 0.25) is 0 Å². The van der Waals surface area contributed by atoms with E-state index in [4.69, 9.17) is 9.47 Å². The van der Waals surface area contributed by atoms with Crippen LogP contribution < -0.4 is 4.74 Å². The summed E-state index contributed by atoms with van der Waals surface area (Å²) in [4.78, 5) is 14.3. The van der Waals surface area contributed by atoms with Crippen LogP contribution in [0.2, 0.25) is 0 Å². The second kappa shape index (κ2) is 6.39. The minimum atomic E-state index is 0.000231. The molecule has 1 aliphatic heterocycles. The first-order chi connectivity index (χ1) is 9.08. The maximum atomic E-state index is 12.5. The Kier molecular flexibility index (Phi) is 4.82. The average molecular weight is 328 g/mol. The molecular formula is C14H18BrNO3.